The number of rotatable bonds is 8. The molecule has 1 heterocycles. The number of nitrogens with zero attached hydrogens (tertiary/aromatic N) is 4. The summed E-state index contributed by atoms with van der Waals surface area (Å²) in [5, 5.41) is 19.7. The van der Waals surface area contributed by atoms with Gasteiger partial charge in [0.1, 0.15) is 30.3 Å². The number of hydrogen-bond donors (Lipinski definition) is 1. The van der Waals surface area contributed by atoms with E-state index in [4.69, 9.17) is 16.3 Å². The average molecular weight is 442 g/mol. The van der Waals surface area contributed by atoms with Crippen LogP contribution in [0.1, 0.15) is 22.5 Å². The third-order valence-corrected chi connectivity index (χ3v) is 4.80. The summed E-state index contributed by atoms with van der Waals surface area (Å²) in [4.78, 5) is 22.7. The highest BCUT2D eigenvalue weighted by atomic mass is 35.5. The van der Waals surface area contributed by atoms with Crippen molar-refractivity contribution in [2.75, 3.05) is 0 Å². The fourth-order valence-electron chi connectivity index (χ4n) is 2.92. The second kappa shape index (κ2) is 9.86. The van der Waals surface area contributed by atoms with Gasteiger partial charge in [0, 0.05) is 10.6 Å². The number of amides is 1. The van der Waals surface area contributed by atoms with Crippen LogP contribution in [0.5, 0.6) is 5.75 Å². The second-order valence-electron chi connectivity index (χ2n) is 6.68. The molecular weight excluding hydrogens is 422 g/mol. The summed E-state index contributed by atoms with van der Waals surface area (Å²) in [5.41, 5.74) is 4.46. The Morgan fingerprint density at radius 3 is 2.77 bits per heavy atom. The van der Waals surface area contributed by atoms with Crippen LogP contribution < -0.4 is 10.2 Å². The van der Waals surface area contributed by atoms with Crippen LogP contribution >= 0.6 is 11.6 Å². The van der Waals surface area contributed by atoms with Crippen LogP contribution in [0, 0.1) is 24.0 Å². The molecule has 1 N–H and O–H groups in total. The van der Waals surface area contributed by atoms with Crippen molar-refractivity contribution in [1.29, 1.82) is 0 Å². The first-order valence-electron chi connectivity index (χ1n) is 9.31. The van der Waals surface area contributed by atoms with Gasteiger partial charge in [-0.3, -0.25) is 19.6 Å². The molecule has 0 atom stereocenters. The molecule has 0 spiro atoms. The van der Waals surface area contributed by atoms with Gasteiger partial charge in [-0.05, 0) is 37.6 Å². The molecule has 10 heteroatoms. The molecule has 160 valence electrons. The van der Waals surface area contributed by atoms with Gasteiger partial charge in [0.25, 0.3) is 5.91 Å². The minimum Gasteiger partial charge on any atom is -0.489 e. The van der Waals surface area contributed by atoms with E-state index in [-0.39, 0.29) is 17.9 Å². The van der Waals surface area contributed by atoms with E-state index >= 15 is 0 Å². The van der Waals surface area contributed by atoms with Crippen molar-refractivity contribution in [1.82, 2.24) is 15.2 Å². The Labute approximate surface area is 183 Å². The average Bonchev–Trinajstić information content (AvgIpc) is 3.00. The number of nitrogens with one attached hydrogen (secondary N) is 1. The number of ether oxygens (including phenoxy) is 1. The predicted octanol–water partition coefficient (Wildman–Crippen LogP) is 3.79. The molecule has 0 unspecified atom stereocenters. The predicted molar refractivity (Wildman–Crippen MR) is 116 cm³/mol. The maximum Gasteiger partial charge on any atom is 0.312 e. The van der Waals surface area contributed by atoms with Gasteiger partial charge in [0.05, 0.1) is 11.1 Å². The molecule has 0 fully saturated rings. The third kappa shape index (κ3) is 5.67. The number of nitro groups is 1. The first-order valence-corrected chi connectivity index (χ1v) is 9.69. The van der Waals surface area contributed by atoms with Gasteiger partial charge >= 0.3 is 5.69 Å². The van der Waals surface area contributed by atoms with Crippen LogP contribution in [0.2, 0.25) is 5.02 Å². The molecular formula is C21H20ClN5O4. The topological polar surface area (TPSA) is 112 Å². The Balaban J connectivity index is 1.57. The highest BCUT2D eigenvalue weighted by molar-refractivity contribution is 6.31. The standard InChI is InChI=1S/C21H20ClN5O4/c1-14-21(27(29)30)15(2)26(25-14)12-20(28)24-23-11-16-6-5-8-18(10-16)31-13-17-7-3-4-9-19(17)22/h3-11H,12-13H2,1-2H3,(H,24,28)/b23-11+. The van der Waals surface area contributed by atoms with Crippen LogP contribution in [0.4, 0.5) is 5.69 Å². The summed E-state index contributed by atoms with van der Waals surface area (Å²) >= 11 is 6.13. The zero-order chi connectivity index (χ0) is 22.4. The largest absolute Gasteiger partial charge is 0.489 e. The number of aromatic nitrogens is 2. The minimum atomic E-state index is -0.509. The van der Waals surface area contributed by atoms with Gasteiger partial charge in [0.2, 0.25) is 0 Å². The van der Waals surface area contributed by atoms with Crippen molar-refractivity contribution in [3.63, 3.8) is 0 Å². The molecule has 0 saturated heterocycles. The summed E-state index contributed by atoms with van der Waals surface area (Å²) in [7, 11) is 0. The molecule has 31 heavy (non-hydrogen) atoms. The molecule has 0 bridgehead atoms. The lowest BCUT2D eigenvalue weighted by atomic mass is 10.2. The molecule has 0 aliphatic heterocycles. The van der Waals surface area contributed by atoms with Gasteiger partial charge in [-0.25, -0.2) is 5.43 Å². The van der Waals surface area contributed by atoms with Crippen molar-refractivity contribution < 1.29 is 14.5 Å². The van der Waals surface area contributed by atoms with E-state index < -0.39 is 10.8 Å². The lowest BCUT2D eigenvalue weighted by molar-refractivity contribution is -0.386. The van der Waals surface area contributed by atoms with Crippen molar-refractivity contribution in [3.05, 3.63) is 86.2 Å². The number of benzene rings is 2. The van der Waals surface area contributed by atoms with Gasteiger partial charge in [-0.2, -0.15) is 10.2 Å². The Kier molecular flexibility index (Phi) is 6.99. The molecule has 1 amide bonds. The summed E-state index contributed by atoms with van der Waals surface area (Å²) in [6, 6.07) is 14.6. The lowest BCUT2D eigenvalue weighted by Crippen LogP contribution is -2.24. The SMILES string of the molecule is Cc1nn(CC(=O)N/N=C/c2cccc(OCc3ccccc3Cl)c2)c(C)c1[N+](=O)[O-]. The number of halogens is 1. The molecule has 0 aliphatic carbocycles. The summed E-state index contributed by atoms with van der Waals surface area (Å²) in [6.07, 6.45) is 1.48. The normalized spacial score (nSPS) is 10.9. The molecule has 3 aromatic rings. The van der Waals surface area contributed by atoms with E-state index in [1.165, 1.54) is 17.8 Å². The highest BCUT2D eigenvalue weighted by Crippen LogP contribution is 2.21. The fourth-order valence-corrected chi connectivity index (χ4v) is 3.11. The Bertz CT molecular complexity index is 1140. The Morgan fingerprint density at radius 1 is 1.29 bits per heavy atom. The third-order valence-electron chi connectivity index (χ3n) is 4.43. The smallest absolute Gasteiger partial charge is 0.312 e. The van der Waals surface area contributed by atoms with E-state index in [0.29, 0.717) is 23.1 Å². The number of hydrogen-bond acceptors (Lipinski definition) is 6. The summed E-state index contributed by atoms with van der Waals surface area (Å²) in [6.45, 7) is 3.21. The van der Waals surface area contributed by atoms with Crippen LogP contribution in [-0.4, -0.2) is 26.8 Å². The molecule has 0 saturated carbocycles. The monoisotopic (exact) mass is 441 g/mol. The van der Waals surface area contributed by atoms with Gasteiger partial charge in [0.15, 0.2) is 0 Å². The molecule has 0 radical (unpaired) electrons. The van der Waals surface area contributed by atoms with E-state index in [0.717, 1.165) is 11.1 Å². The van der Waals surface area contributed by atoms with E-state index in [1.807, 2.05) is 30.3 Å². The second-order valence-corrected chi connectivity index (χ2v) is 7.09. The fraction of sp³-hybridized carbons (Fsp3) is 0.190. The minimum absolute atomic E-state index is 0.0927. The molecule has 9 nitrogen and oxygen atoms in total. The van der Waals surface area contributed by atoms with Crippen molar-refractivity contribution in [3.8, 4) is 5.75 Å². The van der Waals surface area contributed by atoms with Crippen LogP contribution in [0.15, 0.2) is 53.6 Å². The Morgan fingerprint density at radius 2 is 2.06 bits per heavy atom. The molecule has 3 rings (SSSR count). The number of carbonyl (C=O) groups excluding carboxylic acids is 1. The van der Waals surface area contributed by atoms with E-state index in [9.17, 15) is 14.9 Å². The van der Waals surface area contributed by atoms with Crippen molar-refractivity contribution in [2.45, 2.75) is 27.0 Å². The first-order chi connectivity index (χ1) is 14.8. The van der Waals surface area contributed by atoms with Gasteiger partial charge in [-0.1, -0.05) is 41.9 Å². The molecule has 2 aromatic carbocycles. The lowest BCUT2D eigenvalue weighted by Gasteiger charge is -2.08. The van der Waals surface area contributed by atoms with E-state index in [1.54, 1.807) is 25.1 Å². The van der Waals surface area contributed by atoms with Crippen LogP contribution in [-0.2, 0) is 17.9 Å². The number of carbonyl (C=O) groups is 1. The molecule has 0 aliphatic rings. The van der Waals surface area contributed by atoms with Crippen LogP contribution in [0.25, 0.3) is 0 Å². The van der Waals surface area contributed by atoms with Gasteiger partial charge < -0.3 is 4.74 Å². The van der Waals surface area contributed by atoms with Crippen LogP contribution in [0.3, 0.4) is 0 Å². The Hall–Kier alpha value is -3.72. The first kappa shape index (κ1) is 22.0. The number of aryl methyl sites for hydroxylation is 1. The maximum atomic E-state index is 12.1. The number of hydrazone groups is 1. The highest BCUT2D eigenvalue weighted by Gasteiger charge is 2.22. The molecule has 1 aromatic heterocycles. The summed E-state index contributed by atoms with van der Waals surface area (Å²) < 4.78 is 7.05. The quantitative estimate of drug-likeness (QED) is 0.324. The van der Waals surface area contributed by atoms with Crippen molar-refractivity contribution in [2.24, 2.45) is 5.10 Å². The van der Waals surface area contributed by atoms with E-state index in [2.05, 4.69) is 15.6 Å². The maximum absolute atomic E-state index is 12.1. The van der Waals surface area contributed by atoms with Gasteiger partial charge in [-0.15, -0.1) is 0 Å². The zero-order valence-electron chi connectivity index (χ0n) is 16.9. The zero-order valence-corrected chi connectivity index (χ0v) is 17.7. The van der Waals surface area contributed by atoms with Crippen molar-refractivity contribution >= 4 is 29.4 Å². The summed E-state index contributed by atoms with van der Waals surface area (Å²) in [5.74, 6) is 0.174.